The zero-order valence-corrected chi connectivity index (χ0v) is 15.5. The number of nitrogens with zero attached hydrogens (tertiary/aromatic N) is 2. The number of aromatic amines is 1. The Bertz CT molecular complexity index is 948. The van der Waals surface area contributed by atoms with Crippen LogP contribution in [-0.4, -0.2) is 26.8 Å². The van der Waals surface area contributed by atoms with Gasteiger partial charge in [-0.15, -0.1) is 0 Å². The number of carbonyl (C=O) groups is 1. The normalized spacial score (nSPS) is 11.0. The monoisotopic (exact) mass is 369 g/mol. The number of carbonyl (C=O) groups excluding carboxylic acids is 1. The average Bonchev–Trinajstić information content (AvgIpc) is 3.07. The highest BCUT2D eigenvalue weighted by atomic mass is 19.1. The number of halogens is 2. The molecule has 3 aromatic rings. The second-order valence-electron chi connectivity index (χ2n) is 6.73. The second-order valence-corrected chi connectivity index (χ2v) is 6.73. The molecule has 3 rings (SSSR count). The highest BCUT2D eigenvalue weighted by molar-refractivity contribution is 5.92. The van der Waals surface area contributed by atoms with E-state index in [1.807, 2.05) is 13.8 Å². The molecule has 0 unspecified atom stereocenters. The largest absolute Gasteiger partial charge is 0.338 e. The van der Waals surface area contributed by atoms with Gasteiger partial charge in [-0.1, -0.05) is 18.2 Å². The van der Waals surface area contributed by atoms with E-state index in [1.54, 1.807) is 24.0 Å². The number of imidazole rings is 1. The Morgan fingerprint density at radius 2 is 1.85 bits per heavy atom. The number of H-pyrrole nitrogens is 1. The van der Waals surface area contributed by atoms with Gasteiger partial charge in [0.25, 0.3) is 5.91 Å². The molecule has 2 aromatic carbocycles. The van der Waals surface area contributed by atoms with Crippen LogP contribution < -0.4 is 0 Å². The summed E-state index contributed by atoms with van der Waals surface area (Å²) in [6.07, 6.45) is 1.52. The fourth-order valence-electron chi connectivity index (χ4n) is 2.89. The number of rotatable bonds is 5. The lowest BCUT2D eigenvalue weighted by molar-refractivity contribution is 0.0684. The minimum atomic E-state index is -0.392. The smallest absolute Gasteiger partial charge is 0.272 e. The van der Waals surface area contributed by atoms with Crippen molar-refractivity contribution in [1.29, 1.82) is 0 Å². The van der Waals surface area contributed by atoms with Gasteiger partial charge in [0.2, 0.25) is 0 Å². The summed E-state index contributed by atoms with van der Waals surface area (Å²) in [5, 5.41) is 0. The molecule has 0 radical (unpaired) electrons. The van der Waals surface area contributed by atoms with Gasteiger partial charge in [-0.2, -0.15) is 0 Å². The molecule has 140 valence electrons. The van der Waals surface area contributed by atoms with Gasteiger partial charge in [0.05, 0.1) is 6.20 Å². The van der Waals surface area contributed by atoms with E-state index in [0.29, 0.717) is 29.2 Å². The van der Waals surface area contributed by atoms with E-state index < -0.39 is 5.82 Å². The van der Waals surface area contributed by atoms with E-state index >= 15 is 0 Å². The minimum absolute atomic E-state index is 0.0552. The average molecular weight is 369 g/mol. The van der Waals surface area contributed by atoms with Crippen LogP contribution in [0.4, 0.5) is 8.78 Å². The molecule has 0 atom stereocenters. The quantitative estimate of drug-likeness (QED) is 0.708. The van der Waals surface area contributed by atoms with Crippen molar-refractivity contribution in [1.82, 2.24) is 14.9 Å². The molecule has 0 fully saturated rings. The summed E-state index contributed by atoms with van der Waals surface area (Å²) in [5.74, 6) is -0.264. The number of nitrogens with one attached hydrogen (secondary N) is 1. The summed E-state index contributed by atoms with van der Waals surface area (Å²) in [6, 6.07) is 10.3. The molecule has 0 bridgehead atoms. The summed E-state index contributed by atoms with van der Waals surface area (Å²) >= 11 is 0. The van der Waals surface area contributed by atoms with Crippen molar-refractivity contribution in [2.45, 2.75) is 33.4 Å². The predicted octanol–water partition coefficient (Wildman–Crippen LogP) is 4.71. The molecule has 6 heteroatoms. The Labute approximate surface area is 156 Å². The maximum atomic E-state index is 14.3. The number of benzene rings is 2. The SMILES string of the molecule is Cc1ncc(C(=O)N(Cc2ccc(F)c(-c3ccc(F)cc3)c2)C(C)C)[nH]1. The number of amides is 1. The van der Waals surface area contributed by atoms with Crippen molar-refractivity contribution in [3.63, 3.8) is 0 Å². The van der Waals surface area contributed by atoms with Crippen LogP contribution >= 0.6 is 0 Å². The third kappa shape index (κ3) is 4.22. The lowest BCUT2D eigenvalue weighted by Gasteiger charge is -2.26. The molecule has 0 aliphatic rings. The number of aromatic nitrogens is 2. The van der Waals surface area contributed by atoms with Gasteiger partial charge in [0, 0.05) is 18.2 Å². The Morgan fingerprint density at radius 3 is 2.44 bits per heavy atom. The Hall–Kier alpha value is -3.02. The van der Waals surface area contributed by atoms with Gasteiger partial charge in [-0.3, -0.25) is 4.79 Å². The molecule has 1 amide bonds. The van der Waals surface area contributed by atoms with E-state index in [-0.39, 0.29) is 17.8 Å². The summed E-state index contributed by atoms with van der Waals surface area (Å²) in [5.41, 5.74) is 2.17. The summed E-state index contributed by atoms with van der Waals surface area (Å²) < 4.78 is 27.4. The first-order valence-corrected chi connectivity index (χ1v) is 8.72. The highest BCUT2D eigenvalue weighted by Crippen LogP contribution is 2.25. The van der Waals surface area contributed by atoms with E-state index in [1.165, 1.54) is 36.5 Å². The molecular weight excluding hydrogens is 348 g/mol. The van der Waals surface area contributed by atoms with Gasteiger partial charge in [-0.25, -0.2) is 13.8 Å². The zero-order chi connectivity index (χ0) is 19.6. The number of hydrogen-bond acceptors (Lipinski definition) is 2. The molecule has 27 heavy (non-hydrogen) atoms. The fraction of sp³-hybridized carbons (Fsp3) is 0.238. The van der Waals surface area contributed by atoms with Crippen LogP contribution in [0, 0.1) is 18.6 Å². The Morgan fingerprint density at radius 1 is 1.15 bits per heavy atom. The van der Waals surface area contributed by atoms with E-state index in [9.17, 15) is 13.6 Å². The Kier molecular flexibility index (Phi) is 5.35. The first-order valence-electron chi connectivity index (χ1n) is 8.72. The zero-order valence-electron chi connectivity index (χ0n) is 15.5. The minimum Gasteiger partial charge on any atom is -0.338 e. The lowest BCUT2D eigenvalue weighted by atomic mass is 10.0. The molecule has 0 aliphatic carbocycles. The van der Waals surface area contributed by atoms with E-state index in [4.69, 9.17) is 0 Å². The topological polar surface area (TPSA) is 49.0 Å². The van der Waals surface area contributed by atoms with Crippen molar-refractivity contribution < 1.29 is 13.6 Å². The van der Waals surface area contributed by atoms with Crippen molar-refractivity contribution in [3.05, 3.63) is 77.4 Å². The second kappa shape index (κ2) is 7.70. The van der Waals surface area contributed by atoms with Crippen molar-refractivity contribution in [2.75, 3.05) is 0 Å². The molecule has 0 saturated carbocycles. The summed E-state index contributed by atoms with van der Waals surface area (Å²) in [6.45, 7) is 5.95. The van der Waals surface area contributed by atoms with Crippen LogP contribution in [0.15, 0.2) is 48.7 Å². The molecule has 0 saturated heterocycles. The first kappa shape index (κ1) is 18.8. The number of hydrogen-bond donors (Lipinski definition) is 1. The fourth-order valence-corrected chi connectivity index (χ4v) is 2.89. The maximum Gasteiger partial charge on any atom is 0.272 e. The van der Waals surface area contributed by atoms with Crippen molar-refractivity contribution in [2.24, 2.45) is 0 Å². The lowest BCUT2D eigenvalue weighted by Crippen LogP contribution is -2.36. The first-order chi connectivity index (χ1) is 12.8. The number of aryl methyl sites for hydroxylation is 1. The molecule has 4 nitrogen and oxygen atoms in total. The van der Waals surface area contributed by atoms with Crippen LogP contribution in [0.25, 0.3) is 11.1 Å². The van der Waals surface area contributed by atoms with E-state index in [0.717, 1.165) is 5.56 Å². The predicted molar refractivity (Wildman–Crippen MR) is 100 cm³/mol. The summed E-state index contributed by atoms with van der Waals surface area (Å²) in [7, 11) is 0. The molecule has 0 aliphatic heterocycles. The van der Waals surface area contributed by atoms with Crippen LogP contribution in [0.1, 0.15) is 35.7 Å². The van der Waals surface area contributed by atoms with Gasteiger partial charge >= 0.3 is 0 Å². The van der Waals surface area contributed by atoms with Crippen LogP contribution in [0.3, 0.4) is 0 Å². The van der Waals surface area contributed by atoms with Gasteiger partial charge in [0.1, 0.15) is 23.2 Å². The molecule has 1 N–H and O–H groups in total. The third-order valence-corrected chi connectivity index (χ3v) is 4.36. The van der Waals surface area contributed by atoms with Crippen LogP contribution in [-0.2, 0) is 6.54 Å². The highest BCUT2D eigenvalue weighted by Gasteiger charge is 2.21. The van der Waals surface area contributed by atoms with Crippen LogP contribution in [0.2, 0.25) is 0 Å². The van der Waals surface area contributed by atoms with E-state index in [2.05, 4.69) is 9.97 Å². The van der Waals surface area contributed by atoms with Gasteiger partial charge < -0.3 is 9.88 Å². The molecule has 1 aromatic heterocycles. The van der Waals surface area contributed by atoms with Crippen molar-refractivity contribution >= 4 is 5.91 Å². The standard InChI is InChI=1S/C21H21F2N3O/c1-13(2)26(21(27)20-11-24-14(3)25-20)12-15-4-9-19(23)18(10-15)16-5-7-17(22)8-6-16/h4-11,13H,12H2,1-3H3,(H,24,25). The molecule has 0 spiro atoms. The van der Waals surface area contributed by atoms with Crippen LogP contribution in [0.5, 0.6) is 0 Å². The van der Waals surface area contributed by atoms with Gasteiger partial charge in [-0.05, 0) is 56.2 Å². The van der Waals surface area contributed by atoms with Gasteiger partial charge in [0.15, 0.2) is 0 Å². The third-order valence-electron chi connectivity index (χ3n) is 4.36. The maximum absolute atomic E-state index is 14.3. The molecular formula is C21H21F2N3O. The molecule has 1 heterocycles. The van der Waals surface area contributed by atoms with Crippen molar-refractivity contribution in [3.8, 4) is 11.1 Å². The Balaban J connectivity index is 1.89. The summed E-state index contributed by atoms with van der Waals surface area (Å²) in [4.78, 5) is 21.5.